The number of alkyl halides is 3. The fourth-order valence-corrected chi connectivity index (χ4v) is 4.16. The van der Waals surface area contributed by atoms with E-state index in [1.54, 1.807) is 59.5 Å². The van der Waals surface area contributed by atoms with E-state index in [4.69, 9.17) is 9.84 Å². The van der Waals surface area contributed by atoms with Crippen molar-refractivity contribution in [3.63, 3.8) is 0 Å². The maximum atomic E-state index is 13.8. The zero-order valence-electron chi connectivity index (χ0n) is 19.3. The summed E-state index contributed by atoms with van der Waals surface area (Å²) in [6, 6.07) is 17.9. The minimum atomic E-state index is -4.51. The third-order valence-corrected chi connectivity index (χ3v) is 5.92. The zero-order chi connectivity index (χ0) is 25.7. The lowest BCUT2D eigenvalue weighted by Crippen LogP contribution is -2.37. The van der Waals surface area contributed by atoms with Gasteiger partial charge in [0.2, 0.25) is 5.91 Å². The van der Waals surface area contributed by atoms with Gasteiger partial charge in [-0.25, -0.2) is 0 Å². The number of aliphatic carboxylic acids is 1. The SMILES string of the molecule is O=C(O)CCNCC(=O)N1CCc2cc(OCc3ccc(-c4ccccc4)c(C(F)(F)F)c3)ccc21. The fraction of sp³-hybridized carbons (Fsp3) is 0.259. The molecule has 0 bridgehead atoms. The number of carboxylic acid groups (broad SMARTS) is 1. The highest BCUT2D eigenvalue weighted by molar-refractivity contribution is 5.96. The van der Waals surface area contributed by atoms with Crippen molar-refractivity contribution in [2.75, 3.05) is 24.5 Å². The summed E-state index contributed by atoms with van der Waals surface area (Å²) in [5.74, 6) is -0.593. The Morgan fingerprint density at radius 3 is 2.53 bits per heavy atom. The summed E-state index contributed by atoms with van der Waals surface area (Å²) in [6.07, 6.45) is -3.95. The first-order chi connectivity index (χ1) is 17.2. The number of hydrogen-bond donors (Lipinski definition) is 2. The number of hydrogen-bond acceptors (Lipinski definition) is 4. The normalized spacial score (nSPS) is 12.9. The third kappa shape index (κ3) is 6.04. The van der Waals surface area contributed by atoms with Crippen molar-refractivity contribution in [1.29, 1.82) is 0 Å². The van der Waals surface area contributed by atoms with Crippen LogP contribution < -0.4 is 15.0 Å². The largest absolute Gasteiger partial charge is 0.489 e. The molecule has 1 heterocycles. The van der Waals surface area contributed by atoms with Gasteiger partial charge in [-0.1, -0.05) is 42.5 Å². The van der Waals surface area contributed by atoms with E-state index in [2.05, 4.69) is 5.32 Å². The molecule has 4 rings (SSSR count). The van der Waals surface area contributed by atoms with Crippen molar-refractivity contribution in [1.82, 2.24) is 5.32 Å². The van der Waals surface area contributed by atoms with Crippen LogP contribution in [0.2, 0.25) is 0 Å². The summed E-state index contributed by atoms with van der Waals surface area (Å²) >= 11 is 0. The van der Waals surface area contributed by atoms with Crippen molar-refractivity contribution in [2.45, 2.75) is 25.6 Å². The first kappa shape index (κ1) is 25.2. The average molecular weight is 499 g/mol. The highest BCUT2D eigenvalue weighted by atomic mass is 19.4. The number of carbonyl (C=O) groups excluding carboxylic acids is 1. The monoisotopic (exact) mass is 498 g/mol. The lowest BCUT2D eigenvalue weighted by molar-refractivity contribution is -0.138. The average Bonchev–Trinajstić information content (AvgIpc) is 3.28. The predicted molar refractivity (Wildman–Crippen MR) is 129 cm³/mol. The van der Waals surface area contributed by atoms with Crippen LogP contribution in [0.25, 0.3) is 11.1 Å². The van der Waals surface area contributed by atoms with Gasteiger partial charge in [-0.05, 0) is 52.9 Å². The van der Waals surface area contributed by atoms with Crippen molar-refractivity contribution in [2.24, 2.45) is 0 Å². The summed E-state index contributed by atoms with van der Waals surface area (Å²) in [7, 11) is 0. The summed E-state index contributed by atoms with van der Waals surface area (Å²) in [6.45, 7) is 0.698. The Morgan fingerprint density at radius 1 is 1.03 bits per heavy atom. The molecule has 3 aromatic rings. The van der Waals surface area contributed by atoms with Gasteiger partial charge < -0.3 is 20.1 Å². The van der Waals surface area contributed by atoms with E-state index < -0.39 is 17.7 Å². The summed E-state index contributed by atoms with van der Waals surface area (Å²) in [5.41, 5.74) is 1.95. The smallest absolute Gasteiger partial charge is 0.417 e. The van der Waals surface area contributed by atoms with E-state index in [9.17, 15) is 22.8 Å². The van der Waals surface area contributed by atoms with E-state index >= 15 is 0 Å². The lowest BCUT2D eigenvalue weighted by atomic mass is 9.97. The first-order valence-electron chi connectivity index (χ1n) is 11.5. The van der Waals surface area contributed by atoms with Gasteiger partial charge in [0.25, 0.3) is 0 Å². The van der Waals surface area contributed by atoms with Crippen molar-refractivity contribution >= 4 is 17.6 Å². The Morgan fingerprint density at radius 2 is 1.81 bits per heavy atom. The summed E-state index contributed by atoms with van der Waals surface area (Å²) < 4.78 is 47.1. The first-order valence-corrected chi connectivity index (χ1v) is 11.5. The second-order valence-corrected chi connectivity index (χ2v) is 8.44. The Hall–Kier alpha value is -3.85. The number of rotatable bonds is 9. The molecule has 0 aliphatic carbocycles. The lowest BCUT2D eigenvalue weighted by Gasteiger charge is -2.18. The number of carbonyl (C=O) groups is 2. The number of halogens is 3. The van der Waals surface area contributed by atoms with Crippen LogP contribution in [-0.2, 0) is 28.8 Å². The van der Waals surface area contributed by atoms with Crippen LogP contribution >= 0.6 is 0 Å². The molecule has 0 spiro atoms. The molecular weight excluding hydrogens is 473 g/mol. The van der Waals surface area contributed by atoms with Crippen molar-refractivity contribution < 1.29 is 32.6 Å². The Bertz CT molecular complexity index is 1250. The van der Waals surface area contributed by atoms with E-state index in [1.165, 1.54) is 6.07 Å². The standard InChI is InChI=1S/C27H25F3N2O4/c28-27(29,30)23-14-18(6-8-22(23)19-4-2-1-3-5-19)17-36-21-7-9-24-20(15-21)11-13-32(24)25(33)16-31-12-10-26(34)35/h1-9,14-15,31H,10-13,16-17H2,(H,34,35). The number of nitrogens with zero attached hydrogens (tertiary/aromatic N) is 1. The molecule has 3 aromatic carbocycles. The van der Waals surface area contributed by atoms with Crippen LogP contribution in [0.5, 0.6) is 5.75 Å². The molecular formula is C27H25F3N2O4. The summed E-state index contributed by atoms with van der Waals surface area (Å²) in [4.78, 5) is 24.7. The fourth-order valence-electron chi connectivity index (χ4n) is 4.16. The number of anilines is 1. The minimum Gasteiger partial charge on any atom is -0.489 e. The van der Waals surface area contributed by atoms with Crippen LogP contribution in [0, 0.1) is 0 Å². The molecule has 2 N–H and O–H groups in total. The number of nitrogens with one attached hydrogen (secondary N) is 1. The Kier molecular flexibility index (Phi) is 7.59. The number of fused-ring (bicyclic) bond motifs is 1. The molecule has 0 unspecified atom stereocenters. The quantitative estimate of drug-likeness (QED) is 0.410. The minimum absolute atomic E-state index is 0.0332. The number of carboxylic acids is 1. The molecule has 1 aliphatic heterocycles. The van der Waals surface area contributed by atoms with Crippen LogP contribution in [-0.4, -0.2) is 36.6 Å². The molecule has 0 atom stereocenters. The third-order valence-electron chi connectivity index (χ3n) is 5.92. The summed E-state index contributed by atoms with van der Waals surface area (Å²) in [5, 5.41) is 11.5. The van der Waals surface area contributed by atoms with E-state index in [-0.39, 0.29) is 37.6 Å². The molecule has 188 valence electrons. The number of amides is 1. The van der Waals surface area contributed by atoms with E-state index in [1.807, 2.05) is 0 Å². The van der Waals surface area contributed by atoms with Gasteiger partial charge in [-0.3, -0.25) is 9.59 Å². The van der Waals surface area contributed by atoms with Crippen molar-refractivity contribution in [3.05, 3.63) is 83.4 Å². The Labute approximate surface area is 206 Å². The van der Waals surface area contributed by atoms with Crippen LogP contribution in [0.3, 0.4) is 0 Å². The predicted octanol–water partition coefficient (Wildman–Crippen LogP) is 4.90. The topological polar surface area (TPSA) is 78.9 Å². The zero-order valence-corrected chi connectivity index (χ0v) is 19.3. The maximum absolute atomic E-state index is 13.8. The van der Waals surface area contributed by atoms with Gasteiger partial charge in [-0.15, -0.1) is 0 Å². The van der Waals surface area contributed by atoms with Crippen LogP contribution in [0.4, 0.5) is 18.9 Å². The molecule has 0 aromatic heterocycles. The molecule has 9 heteroatoms. The van der Waals surface area contributed by atoms with Gasteiger partial charge in [0.1, 0.15) is 12.4 Å². The van der Waals surface area contributed by atoms with Gasteiger partial charge in [0.15, 0.2) is 0 Å². The maximum Gasteiger partial charge on any atom is 0.417 e. The van der Waals surface area contributed by atoms with E-state index in [0.29, 0.717) is 29.8 Å². The molecule has 6 nitrogen and oxygen atoms in total. The van der Waals surface area contributed by atoms with E-state index in [0.717, 1.165) is 17.3 Å². The Balaban J connectivity index is 1.42. The van der Waals surface area contributed by atoms with Gasteiger partial charge in [0.05, 0.1) is 18.5 Å². The van der Waals surface area contributed by atoms with Gasteiger partial charge in [0, 0.05) is 18.8 Å². The highest BCUT2D eigenvalue weighted by Crippen LogP contribution is 2.38. The number of benzene rings is 3. The van der Waals surface area contributed by atoms with Gasteiger partial charge >= 0.3 is 12.1 Å². The molecule has 0 radical (unpaired) electrons. The molecule has 0 saturated carbocycles. The molecule has 1 amide bonds. The second-order valence-electron chi connectivity index (χ2n) is 8.44. The van der Waals surface area contributed by atoms with Crippen molar-refractivity contribution in [3.8, 4) is 16.9 Å². The van der Waals surface area contributed by atoms with Crippen LogP contribution in [0.1, 0.15) is 23.1 Å². The molecule has 36 heavy (non-hydrogen) atoms. The van der Waals surface area contributed by atoms with Gasteiger partial charge in [-0.2, -0.15) is 13.2 Å². The molecule has 0 saturated heterocycles. The molecule has 1 aliphatic rings. The highest BCUT2D eigenvalue weighted by Gasteiger charge is 2.34. The molecule has 0 fully saturated rings. The van der Waals surface area contributed by atoms with Crippen LogP contribution in [0.15, 0.2) is 66.7 Å². The number of ether oxygens (including phenoxy) is 1. The second kappa shape index (κ2) is 10.8.